The van der Waals surface area contributed by atoms with Gasteiger partial charge in [-0.15, -0.1) is 11.8 Å². The number of halogens is 1. The van der Waals surface area contributed by atoms with Crippen LogP contribution in [0.2, 0.25) is 0 Å². The van der Waals surface area contributed by atoms with Gasteiger partial charge in [-0.25, -0.2) is 0 Å². The van der Waals surface area contributed by atoms with Gasteiger partial charge in [0.05, 0.1) is 5.92 Å². The lowest BCUT2D eigenvalue weighted by Crippen LogP contribution is -2.30. The Morgan fingerprint density at radius 1 is 1.27 bits per heavy atom. The summed E-state index contributed by atoms with van der Waals surface area (Å²) in [7, 11) is 0. The molecule has 4 nitrogen and oxygen atoms in total. The molecule has 1 heterocycles. The van der Waals surface area contributed by atoms with Crippen molar-refractivity contribution in [2.75, 3.05) is 6.54 Å². The maximum Gasteiger partial charge on any atom is 0.308 e. The fraction of sp³-hybridized carbons (Fsp3) is 0.400. The van der Waals surface area contributed by atoms with Crippen LogP contribution in [0.5, 0.6) is 0 Å². The number of nitrogens with zero attached hydrogens (tertiary/aromatic N) is 1. The largest absolute Gasteiger partial charge is 0.481 e. The number of carbonyl (C=O) groups is 1. The van der Waals surface area contributed by atoms with Crippen molar-refractivity contribution < 1.29 is 9.90 Å². The molecule has 0 fully saturated rings. The van der Waals surface area contributed by atoms with E-state index in [1.165, 1.54) is 10.5 Å². The average molecular weight is 437 g/mol. The van der Waals surface area contributed by atoms with Gasteiger partial charge in [0.15, 0.2) is 0 Å². The minimum absolute atomic E-state index is 0.0984. The third-order valence-electron chi connectivity index (χ3n) is 3.69. The van der Waals surface area contributed by atoms with Gasteiger partial charge in [-0.1, -0.05) is 39.0 Å². The van der Waals surface area contributed by atoms with Crippen molar-refractivity contribution in [2.24, 2.45) is 5.92 Å². The van der Waals surface area contributed by atoms with Crippen molar-refractivity contribution in [3.8, 4) is 0 Å². The molecule has 0 saturated carbocycles. The maximum atomic E-state index is 11.6. The molecule has 0 saturated heterocycles. The molecule has 0 bridgehead atoms. The molecule has 0 amide bonds. The van der Waals surface area contributed by atoms with Gasteiger partial charge >= 0.3 is 5.97 Å². The van der Waals surface area contributed by atoms with Gasteiger partial charge in [0.25, 0.3) is 0 Å². The number of thioether (sulfide) groups is 1. The smallest absolute Gasteiger partial charge is 0.308 e. The number of hydrogen-bond donors (Lipinski definition) is 2. The van der Waals surface area contributed by atoms with E-state index in [1.54, 1.807) is 6.20 Å². The number of carboxylic acid groups (broad SMARTS) is 1. The number of benzene rings is 1. The maximum absolute atomic E-state index is 11.6. The Morgan fingerprint density at radius 2 is 2.04 bits per heavy atom. The molecule has 0 spiro atoms. The molecule has 2 rings (SSSR count). The van der Waals surface area contributed by atoms with Crippen LogP contribution in [-0.2, 0) is 17.8 Å². The first-order valence-electron chi connectivity index (χ1n) is 8.56. The zero-order valence-electron chi connectivity index (χ0n) is 15.3. The number of nitrogens with one attached hydrogen (secondary N) is 1. The number of aromatic nitrogens is 1. The summed E-state index contributed by atoms with van der Waals surface area (Å²) in [6.45, 7) is 7.58. The van der Waals surface area contributed by atoms with E-state index in [1.807, 2.05) is 42.1 Å². The molecule has 0 aliphatic heterocycles. The second kappa shape index (κ2) is 9.53. The van der Waals surface area contributed by atoms with Crippen LogP contribution in [-0.4, -0.2) is 27.4 Å². The number of rotatable bonds is 8. The van der Waals surface area contributed by atoms with Crippen LogP contribution in [0.15, 0.2) is 52.0 Å². The summed E-state index contributed by atoms with van der Waals surface area (Å²) in [6, 6.07) is 11.7. The Balaban J connectivity index is 2.01. The highest BCUT2D eigenvalue weighted by atomic mass is 79.9. The minimum Gasteiger partial charge on any atom is -0.481 e. The van der Waals surface area contributed by atoms with Gasteiger partial charge in [-0.2, -0.15) is 0 Å². The van der Waals surface area contributed by atoms with Gasteiger partial charge in [-0.3, -0.25) is 9.78 Å². The predicted octanol–water partition coefficient (Wildman–Crippen LogP) is 4.77. The normalized spacial score (nSPS) is 12.8. The van der Waals surface area contributed by atoms with Crippen molar-refractivity contribution >= 4 is 33.7 Å². The molecule has 1 aromatic heterocycles. The standard InChI is InChI=1S/C20H25BrN2O2S/c1-20(2,3)26-18-14(7-6-9-17(18)21)12-22-13-15(19(24)25)11-16-8-4-5-10-23-16/h4-10,15,22H,11-13H2,1-3H3,(H,24,25). The SMILES string of the molecule is CC(C)(C)Sc1c(Br)cccc1CNCC(Cc1ccccn1)C(=O)O. The van der Waals surface area contributed by atoms with Crippen LogP contribution in [0.25, 0.3) is 0 Å². The van der Waals surface area contributed by atoms with Gasteiger partial charge < -0.3 is 10.4 Å². The molecule has 0 aliphatic carbocycles. The van der Waals surface area contributed by atoms with Crippen LogP contribution in [0.3, 0.4) is 0 Å². The number of hydrogen-bond acceptors (Lipinski definition) is 4. The summed E-state index contributed by atoms with van der Waals surface area (Å²) < 4.78 is 1.17. The Morgan fingerprint density at radius 3 is 2.65 bits per heavy atom. The number of aliphatic carboxylic acids is 1. The summed E-state index contributed by atoms with van der Waals surface area (Å²) in [5.41, 5.74) is 1.97. The van der Waals surface area contributed by atoms with Gasteiger partial charge in [0.2, 0.25) is 0 Å². The molecule has 1 atom stereocenters. The summed E-state index contributed by atoms with van der Waals surface area (Å²) in [4.78, 5) is 17.0. The Kier molecular flexibility index (Phi) is 7.68. The Bertz CT molecular complexity index is 732. The zero-order chi connectivity index (χ0) is 19.2. The summed E-state index contributed by atoms with van der Waals surface area (Å²) in [6.07, 6.45) is 2.12. The fourth-order valence-corrected chi connectivity index (χ4v) is 4.21. The van der Waals surface area contributed by atoms with Crippen molar-refractivity contribution in [3.05, 3.63) is 58.3 Å². The van der Waals surface area contributed by atoms with Gasteiger partial charge in [-0.05, 0) is 39.7 Å². The van der Waals surface area contributed by atoms with Crippen LogP contribution < -0.4 is 5.32 Å². The summed E-state index contributed by atoms with van der Waals surface area (Å²) >= 11 is 5.45. The highest BCUT2D eigenvalue weighted by Gasteiger charge is 2.20. The number of carboxylic acids is 1. The molecule has 26 heavy (non-hydrogen) atoms. The van der Waals surface area contributed by atoms with E-state index < -0.39 is 11.9 Å². The molecule has 0 aliphatic rings. The van der Waals surface area contributed by atoms with E-state index in [-0.39, 0.29) is 4.75 Å². The third kappa shape index (κ3) is 6.74. The monoisotopic (exact) mass is 436 g/mol. The zero-order valence-corrected chi connectivity index (χ0v) is 17.7. The van der Waals surface area contributed by atoms with Crippen molar-refractivity contribution in [1.82, 2.24) is 10.3 Å². The number of pyridine rings is 1. The van der Waals surface area contributed by atoms with E-state index in [4.69, 9.17) is 0 Å². The van der Waals surface area contributed by atoms with Crippen LogP contribution in [0, 0.1) is 5.92 Å². The van der Waals surface area contributed by atoms with Gasteiger partial charge in [0, 0.05) is 45.5 Å². The molecular formula is C20H25BrN2O2S. The molecule has 1 unspecified atom stereocenters. The van der Waals surface area contributed by atoms with Crippen molar-refractivity contribution in [2.45, 2.75) is 43.4 Å². The van der Waals surface area contributed by atoms with E-state index in [2.05, 4.69) is 53.1 Å². The van der Waals surface area contributed by atoms with Crippen molar-refractivity contribution in [1.29, 1.82) is 0 Å². The first-order chi connectivity index (χ1) is 12.3. The van der Waals surface area contributed by atoms with Crippen molar-refractivity contribution in [3.63, 3.8) is 0 Å². The van der Waals surface area contributed by atoms with Crippen LogP contribution in [0.4, 0.5) is 0 Å². The second-order valence-corrected chi connectivity index (χ2v) is 9.83. The molecule has 6 heteroatoms. The van der Waals surface area contributed by atoms with Crippen LogP contribution >= 0.6 is 27.7 Å². The molecule has 0 radical (unpaired) electrons. The highest BCUT2D eigenvalue weighted by molar-refractivity contribution is 9.10. The predicted molar refractivity (Wildman–Crippen MR) is 111 cm³/mol. The molecule has 1 aromatic carbocycles. The lowest BCUT2D eigenvalue weighted by atomic mass is 10.0. The lowest BCUT2D eigenvalue weighted by molar-refractivity contribution is -0.141. The van der Waals surface area contributed by atoms with E-state index in [0.29, 0.717) is 19.5 Å². The first kappa shape index (κ1) is 20.9. The third-order valence-corrected chi connectivity index (χ3v) is 5.92. The average Bonchev–Trinajstić information content (AvgIpc) is 2.56. The summed E-state index contributed by atoms with van der Waals surface area (Å²) in [5, 5.41) is 12.8. The highest BCUT2D eigenvalue weighted by Crippen LogP contribution is 2.38. The van der Waals surface area contributed by atoms with Gasteiger partial charge in [0.1, 0.15) is 0 Å². The minimum atomic E-state index is -0.804. The second-order valence-electron chi connectivity index (χ2n) is 7.13. The lowest BCUT2D eigenvalue weighted by Gasteiger charge is -2.21. The molecule has 140 valence electrons. The summed E-state index contributed by atoms with van der Waals surface area (Å²) in [5.74, 6) is -1.31. The van der Waals surface area contributed by atoms with E-state index >= 15 is 0 Å². The van der Waals surface area contributed by atoms with E-state index in [9.17, 15) is 9.90 Å². The molecular weight excluding hydrogens is 412 g/mol. The fourth-order valence-electron chi connectivity index (χ4n) is 2.51. The van der Waals surface area contributed by atoms with Crippen LogP contribution in [0.1, 0.15) is 32.0 Å². The van der Waals surface area contributed by atoms with E-state index in [0.717, 1.165) is 10.2 Å². The topological polar surface area (TPSA) is 62.2 Å². The Labute approximate surface area is 167 Å². The Hall–Kier alpha value is -1.37. The first-order valence-corrected chi connectivity index (χ1v) is 10.2. The molecule has 2 aromatic rings. The quantitative estimate of drug-likeness (QED) is 0.583. The molecule has 2 N–H and O–H groups in total.